The second kappa shape index (κ2) is 10.5. The molecule has 120 valence electrons. The molecule has 0 aromatic heterocycles. The zero-order chi connectivity index (χ0) is 15.5. The summed E-state index contributed by atoms with van der Waals surface area (Å²) in [4.78, 5) is 0. The van der Waals surface area contributed by atoms with E-state index in [-0.39, 0.29) is 0 Å². The van der Waals surface area contributed by atoms with Crippen molar-refractivity contribution in [3.8, 4) is 11.5 Å². The zero-order valence-electron chi connectivity index (χ0n) is 14.1. The predicted molar refractivity (Wildman–Crippen MR) is 89.2 cm³/mol. The van der Waals surface area contributed by atoms with Crippen LogP contribution < -0.4 is 14.8 Å². The maximum atomic E-state index is 6.05. The van der Waals surface area contributed by atoms with Crippen LogP contribution in [-0.2, 0) is 6.54 Å². The maximum Gasteiger partial charge on any atom is 0.127 e. The second-order valence-corrected chi connectivity index (χ2v) is 5.60. The van der Waals surface area contributed by atoms with Crippen molar-refractivity contribution >= 4 is 0 Å². The topological polar surface area (TPSA) is 30.5 Å². The Morgan fingerprint density at radius 3 is 2.57 bits per heavy atom. The van der Waals surface area contributed by atoms with Crippen LogP contribution in [0.4, 0.5) is 0 Å². The molecule has 0 saturated heterocycles. The smallest absolute Gasteiger partial charge is 0.127 e. The molecule has 0 saturated carbocycles. The normalized spacial score (nSPS) is 12.2. The van der Waals surface area contributed by atoms with E-state index in [4.69, 9.17) is 9.47 Å². The van der Waals surface area contributed by atoms with Crippen LogP contribution in [0.2, 0.25) is 0 Å². The van der Waals surface area contributed by atoms with Crippen LogP contribution in [-0.4, -0.2) is 19.8 Å². The van der Waals surface area contributed by atoms with E-state index >= 15 is 0 Å². The van der Waals surface area contributed by atoms with E-state index in [0.29, 0.717) is 5.92 Å². The summed E-state index contributed by atoms with van der Waals surface area (Å²) in [7, 11) is 0. The zero-order valence-corrected chi connectivity index (χ0v) is 14.1. The molecule has 1 N–H and O–H groups in total. The molecular weight excluding hydrogens is 262 g/mol. The van der Waals surface area contributed by atoms with Crippen LogP contribution in [0.15, 0.2) is 18.2 Å². The first-order valence-corrected chi connectivity index (χ1v) is 8.30. The Kier molecular flexibility index (Phi) is 8.91. The van der Waals surface area contributed by atoms with Crippen LogP contribution in [0.25, 0.3) is 0 Å². The van der Waals surface area contributed by atoms with E-state index < -0.39 is 0 Å². The van der Waals surface area contributed by atoms with Gasteiger partial charge in [-0.3, -0.25) is 0 Å². The summed E-state index contributed by atoms with van der Waals surface area (Å²) in [5.74, 6) is 2.44. The van der Waals surface area contributed by atoms with E-state index in [2.05, 4.69) is 39.1 Å². The summed E-state index contributed by atoms with van der Waals surface area (Å²) in [6.07, 6.45) is 3.42. The van der Waals surface area contributed by atoms with Gasteiger partial charge in [-0.1, -0.05) is 40.2 Å². The Hall–Kier alpha value is -1.22. The Balaban J connectivity index is 2.72. The van der Waals surface area contributed by atoms with Gasteiger partial charge < -0.3 is 14.8 Å². The van der Waals surface area contributed by atoms with Crippen molar-refractivity contribution in [3.63, 3.8) is 0 Å². The van der Waals surface area contributed by atoms with E-state index in [9.17, 15) is 0 Å². The van der Waals surface area contributed by atoms with Gasteiger partial charge >= 0.3 is 0 Å². The molecule has 0 amide bonds. The summed E-state index contributed by atoms with van der Waals surface area (Å²) in [5.41, 5.74) is 1.20. The SMILES string of the molecule is CCCOc1ccc(CNCC)c(OCC(C)CCC)c1. The highest BCUT2D eigenvalue weighted by Gasteiger charge is 2.08. The van der Waals surface area contributed by atoms with Crippen molar-refractivity contribution in [2.75, 3.05) is 19.8 Å². The van der Waals surface area contributed by atoms with E-state index in [0.717, 1.165) is 44.2 Å². The number of hydrogen-bond donors (Lipinski definition) is 1. The van der Waals surface area contributed by atoms with E-state index in [1.165, 1.54) is 18.4 Å². The van der Waals surface area contributed by atoms with Gasteiger partial charge in [0, 0.05) is 18.2 Å². The minimum absolute atomic E-state index is 0.585. The quantitative estimate of drug-likeness (QED) is 0.656. The molecule has 0 bridgehead atoms. The minimum Gasteiger partial charge on any atom is -0.493 e. The molecule has 1 atom stereocenters. The van der Waals surface area contributed by atoms with Crippen molar-refractivity contribution in [2.45, 2.75) is 53.5 Å². The van der Waals surface area contributed by atoms with Gasteiger partial charge in [0.25, 0.3) is 0 Å². The lowest BCUT2D eigenvalue weighted by Gasteiger charge is -2.17. The Bertz CT molecular complexity index is 393. The van der Waals surface area contributed by atoms with Gasteiger partial charge in [-0.05, 0) is 31.4 Å². The highest BCUT2D eigenvalue weighted by atomic mass is 16.5. The van der Waals surface area contributed by atoms with Crippen molar-refractivity contribution < 1.29 is 9.47 Å². The number of benzene rings is 1. The van der Waals surface area contributed by atoms with Gasteiger partial charge in [-0.2, -0.15) is 0 Å². The fourth-order valence-corrected chi connectivity index (χ4v) is 2.19. The molecule has 0 spiro atoms. The van der Waals surface area contributed by atoms with Gasteiger partial charge in [0.15, 0.2) is 0 Å². The van der Waals surface area contributed by atoms with Crippen LogP contribution >= 0.6 is 0 Å². The standard InChI is InChI=1S/C18H31NO2/c1-5-8-15(4)14-21-18-12-17(20-11-6-2)10-9-16(18)13-19-7-3/h9-10,12,15,19H,5-8,11,13-14H2,1-4H3. The van der Waals surface area contributed by atoms with Crippen LogP contribution in [0.5, 0.6) is 11.5 Å². The molecule has 21 heavy (non-hydrogen) atoms. The van der Waals surface area contributed by atoms with E-state index in [1.807, 2.05) is 12.1 Å². The third kappa shape index (κ3) is 6.85. The predicted octanol–water partition coefficient (Wildman–Crippen LogP) is 4.40. The molecule has 3 heteroatoms. The molecule has 1 aromatic rings. The van der Waals surface area contributed by atoms with Crippen LogP contribution in [0.1, 0.15) is 52.5 Å². The first-order chi connectivity index (χ1) is 10.2. The highest BCUT2D eigenvalue weighted by molar-refractivity contribution is 5.40. The van der Waals surface area contributed by atoms with Crippen LogP contribution in [0.3, 0.4) is 0 Å². The van der Waals surface area contributed by atoms with Gasteiger partial charge in [0.1, 0.15) is 11.5 Å². The molecule has 0 aliphatic carbocycles. The molecule has 0 radical (unpaired) electrons. The molecule has 1 aromatic carbocycles. The van der Waals surface area contributed by atoms with Gasteiger partial charge in [0.05, 0.1) is 13.2 Å². The molecule has 1 unspecified atom stereocenters. The van der Waals surface area contributed by atoms with Gasteiger partial charge in [-0.15, -0.1) is 0 Å². The van der Waals surface area contributed by atoms with Crippen molar-refractivity contribution in [1.82, 2.24) is 5.32 Å². The van der Waals surface area contributed by atoms with Gasteiger partial charge in [0.2, 0.25) is 0 Å². The number of nitrogens with one attached hydrogen (secondary N) is 1. The summed E-state index contributed by atoms with van der Waals surface area (Å²) in [6, 6.07) is 6.17. The minimum atomic E-state index is 0.585. The molecule has 1 rings (SSSR count). The molecule has 3 nitrogen and oxygen atoms in total. The molecule has 0 aliphatic rings. The molecular formula is C18H31NO2. The fourth-order valence-electron chi connectivity index (χ4n) is 2.19. The lowest BCUT2D eigenvalue weighted by Crippen LogP contribution is -2.14. The van der Waals surface area contributed by atoms with Crippen molar-refractivity contribution in [2.24, 2.45) is 5.92 Å². The first kappa shape index (κ1) is 17.8. The summed E-state index contributed by atoms with van der Waals surface area (Å²) < 4.78 is 11.8. The van der Waals surface area contributed by atoms with Crippen molar-refractivity contribution in [3.05, 3.63) is 23.8 Å². The lowest BCUT2D eigenvalue weighted by molar-refractivity contribution is 0.246. The number of rotatable bonds is 11. The van der Waals surface area contributed by atoms with E-state index in [1.54, 1.807) is 0 Å². The summed E-state index contributed by atoms with van der Waals surface area (Å²) in [5, 5.41) is 3.36. The highest BCUT2D eigenvalue weighted by Crippen LogP contribution is 2.26. The average molecular weight is 293 g/mol. The average Bonchev–Trinajstić information content (AvgIpc) is 2.50. The summed E-state index contributed by atoms with van der Waals surface area (Å²) in [6.45, 7) is 12.0. The summed E-state index contributed by atoms with van der Waals surface area (Å²) >= 11 is 0. The third-order valence-electron chi connectivity index (χ3n) is 3.38. The van der Waals surface area contributed by atoms with Crippen molar-refractivity contribution in [1.29, 1.82) is 0 Å². The first-order valence-electron chi connectivity index (χ1n) is 8.30. The van der Waals surface area contributed by atoms with Crippen LogP contribution in [0, 0.1) is 5.92 Å². The largest absolute Gasteiger partial charge is 0.493 e. The monoisotopic (exact) mass is 293 g/mol. The molecule has 0 aliphatic heterocycles. The lowest BCUT2D eigenvalue weighted by atomic mass is 10.1. The number of hydrogen-bond acceptors (Lipinski definition) is 3. The Labute approximate surface area is 130 Å². The Morgan fingerprint density at radius 1 is 1.10 bits per heavy atom. The third-order valence-corrected chi connectivity index (χ3v) is 3.38. The number of ether oxygens (including phenoxy) is 2. The maximum absolute atomic E-state index is 6.05. The second-order valence-electron chi connectivity index (χ2n) is 5.60. The Morgan fingerprint density at radius 2 is 1.90 bits per heavy atom. The molecule has 0 heterocycles. The van der Waals surface area contributed by atoms with Gasteiger partial charge in [-0.25, -0.2) is 0 Å². The molecule has 0 fully saturated rings. The fraction of sp³-hybridized carbons (Fsp3) is 0.667.